The average Bonchev–Trinajstić information content (AvgIpc) is 2.33. The maximum Gasteiger partial charge on any atom is 0.161 e. The van der Waals surface area contributed by atoms with Gasteiger partial charge in [0, 0.05) is 17.4 Å². The van der Waals surface area contributed by atoms with E-state index < -0.39 is 0 Å². The van der Waals surface area contributed by atoms with E-state index in [0.717, 1.165) is 12.2 Å². The van der Waals surface area contributed by atoms with Gasteiger partial charge in [0.05, 0.1) is 10.2 Å². The summed E-state index contributed by atoms with van der Waals surface area (Å²) in [6.07, 6.45) is 2.97. The molecule has 0 aromatic heterocycles. The van der Waals surface area contributed by atoms with Crippen LogP contribution in [0.3, 0.4) is 0 Å². The largest absolute Gasteiger partial charge is 0.389 e. The number of rotatable bonds is 6. The van der Waals surface area contributed by atoms with Crippen LogP contribution in [0.15, 0.2) is 16.6 Å². The molecule has 6 heteroatoms. The molecule has 1 atom stereocenters. The summed E-state index contributed by atoms with van der Waals surface area (Å²) in [6.45, 7) is 2.07. The van der Waals surface area contributed by atoms with Crippen LogP contribution in [0.2, 0.25) is 0 Å². The fraction of sp³-hybridized carbons (Fsp3) is 0.417. The first-order valence-corrected chi connectivity index (χ1v) is 8.14. The van der Waals surface area contributed by atoms with Gasteiger partial charge >= 0.3 is 0 Å². The summed E-state index contributed by atoms with van der Waals surface area (Å²) in [6, 6.07) is 3.65. The highest BCUT2D eigenvalue weighted by Crippen LogP contribution is 2.28. The van der Waals surface area contributed by atoms with Crippen molar-refractivity contribution in [2.75, 3.05) is 17.3 Å². The lowest BCUT2D eigenvalue weighted by Gasteiger charge is -2.18. The van der Waals surface area contributed by atoms with Crippen LogP contribution < -0.4 is 11.1 Å². The van der Waals surface area contributed by atoms with Gasteiger partial charge in [-0.25, -0.2) is 4.39 Å². The van der Waals surface area contributed by atoms with E-state index in [4.69, 9.17) is 18.0 Å². The van der Waals surface area contributed by atoms with E-state index in [1.165, 1.54) is 0 Å². The number of thioether (sulfide) groups is 1. The molecule has 3 N–H and O–H groups in total. The monoisotopic (exact) mass is 350 g/mol. The van der Waals surface area contributed by atoms with Gasteiger partial charge in [-0.2, -0.15) is 11.8 Å². The first-order chi connectivity index (χ1) is 8.51. The Morgan fingerprint density at radius 3 is 2.78 bits per heavy atom. The maximum atomic E-state index is 14.1. The summed E-state index contributed by atoms with van der Waals surface area (Å²) in [4.78, 5) is 0.184. The third-order valence-corrected chi connectivity index (χ3v) is 4.30. The average molecular weight is 351 g/mol. The van der Waals surface area contributed by atoms with E-state index in [1.54, 1.807) is 23.9 Å². The van der Waals surface area contributed by atoms with Gasteiger partial charge in [0.2, 0.25) is 0 Å². The number of nitrogens with one attached hydrogen (secondary N) is 1. The third kappa shape index (κ3) is 3.83. The Hall–Kier alpha value is -0.330. The predicted octanol–water partition coefficient (Wildman–Crippen LogP) is 3.78. The zero-order valence-corrected chi connectivity index (χ0v) is 13.5. The zero-order chi connectivity index (χ0) is 13.7. The van der Waals surface area contributed by atoms with E-state index in [-0.39, 0.29) is 16.8 Å². The molecule has 2 nitrogen and oxygen atoms in total. The van der Waals surface area contributed by atoms with Gasteiger partial charge < -0.3 is 11.1 Å². The Balaban J connectivity index is 2.98. The zero-order valence-electron chi connectivity index (χ0n) is 10.3. The normalized spacial score (nSPS) is 12.2. The molecule has 1 aromatic rings. The minimum Gasteiger partial charge on any atom is -0.389 e. The van der Waals surface area contributed by atoms with Crippen molar-refractivity contribution in [2.45, 2.75) is 19.4 Å². The minimum absolute atomic E-state index is 0.184. The van der Waals surface area contributed by atoms with Crippen molar-refractivity contribution in [1.82, 2.24) is 0 Å². The summed E-state index contributed by atoms with van der Waals surface area (Å²) < 4.78 is 14.4. The maximum absolute atomic E-state index is 14.1. The molecule has 0 aliphatic rings. The highest BCUT2D eigenvalue weighted by atomic mass is 79.9. The van der Waals surface area contributed by atoms with Crippen LogP contribution in [0.25, 0.3) is 0 Å². The Kier molecular flexibility index (Phi) is 6.38. The van der Waals surface area contributed by atoms with E-state index in [0.29, 0.717) is 15.7 Å². The highest BCUT2D eigenvalue weighted by molar-refractivity contribution is 9.10. The van der Waals surface area contributed by atoms with Crippen molar-refractivity contribution in [2.24, 2.45) is 5.73 Å². The number of nitrogens with two attached hydrogens (primary N) is 1. The Labute approximate surface area is 125 Å². The van der Waals surface area contributed by atoms with Crippen LogP contribution in [0.4, 0.5) is 10.1 Å². The van der Waals surface area contributed by atoms with E-state index in [9.17, 15) is 4.39 Å². The molecule has 100 valence electrons. The minimum atomic E-state index is -0.347. The van der Waals surface area contributed by atoms with Crippen molar-refractivity contribution in [3.8, 4) is 0 Å². The first-order valence-electron chi connectivity index (χ1n) is 5.54. The second-order valence-corrected chi connectivity index (χ2v) is 6.00. The smallest absolute Gasteiger partial charge is 0.161 e. The van der Waals surface area contributed by atoms with Crippen molar-refractivity contribution >= 4 is 50.6 Å². The fourth-order valence-corrected chi connectivity index (χ4v) is 3.12. The van der Waals surface area contributed by atoms with Crippen LogP contribution in [-0.4, -0.2) is 23.0 Å². The molecular weight excluding hydrogens is 335 g/mol. The summed E-state index contributed by atoms with van der Waals surface area (Å²) in [5.74, 6) is 0.588. The quantitative estimate of drug-likeness (QED) is 0.765. The molecule has 0 bridgehead atoms. The molecule has 0 heterocycles. The lowest BCUT2D eigenvalue weighted by molar-refractivity contribution is 0.618. The van der Waals surface area contributed by atoms with Gasteiger partial charge in [-0.1, -0.05) is 19.1 Å². The van der Waals surface area contributed by atoms with Gasteiger partial charge in [-0.05, 0) is 40.7 Å². The molecule has 1 rings (SSSR count). The predicted molar refractivity (Wildman–Crippen MR) is 86.1 cm³/mol. The second kappa shape index (κ2) is 7.31. The number of halogens is 2. The van der Waals surface area contributed by atoms with Crippen LogP contribution in [0, 0.1) is 5.82 Å². The number of hydrogen-bond acceptors (Lipinski definition) is 3. The molecule has 0 fully saturated rings. The highest BCUT2D eigenvalue weighted by Gasteiger charge is 2.15. The molecule has 0 aliphatic carbocycles. The first kappa shape index (κ1) is 15.7. The Bertz CT molecular complexity index is 440. The van der Waals surface area contributed by atoms with Crippen LogP contribution in [0.5, 0.6) is 0 Å². The summed E-state index contributed by atoms with van der Waals surface area (Å²) in [5.41, 5.74) is 6.51. The van der Waals surface area contributed by atoms with Gasteiger partial charge in [0.1, 0.15) is 4.99 Å². The molecule has 0 radical (unpaired) electrons. The number of hydrogen-bond donors (Lipinski definition) is 2. The lowest BCUT2D eigenvalue weighted by atomic mass is 10.1. The molecular formula is C12H16BrFN2S2. The van der Waals surface area contributed by atoms with Crippen LogP contribution in [0.1, 0.15) is 18.9 Å². The van der Waals surface area contributed by atoms with Gasteiger partial charge in [0.25, 0.3) is 0 Å². The van der Waals surface area contributed by atoms with Gasteiger partial charge in [0.15, 0.2) is 5.82 Å². The van der Waals surface area contributed by atoms with Crippen molar-refractivity contribution in [3.05, 3.63) is 28.0 Å². The third-order valence-electron chi connectivity index (χ3n) is 2.57. The SMILES string of the molecule is CCC(CSC)Nc1ccc(C(N)=S)c(Br)c1F. The number of thiocarbonyl (C=S) groups is 1. The van der Waals surface area contributed by atoms with Crippen molar-refractivity contribution < 1.29 is 4.39 Å². The second-order valence-electron chi connectivity index (χ2n) is 3.86. The number of benzene rings is 1. The summed E-state index contributed by atoms with van der Waals surface area (Å²) >= 11 is 9.79. The molecule has 0 aliphatic heterocycles. The van der Waals surface area contributed by atoms with Crippen molar-refractivity contribution in [3.63, 3.8) is 0 Å². The standard InChI is InChI=1S/C12H16BrFN2S2/c1-3-7(6-18-2)16-9-5-4-8(12(15)17)10(13)11(9)14/h4-5,7,16H,3,6H2,1-2H3,(H2,15,17). The number of anilines is 1. The van der Waals surface area contributed by atoms with E-state index in [2.05, 4.69) is 28.2 Å². The molecule has 18 heavy (non-hydrogen) atoms. The van der Waals surface area contributed by atoms with Crippen LogP contribution >= 0.6 is 39.9 Å². The molecule has 0 spiro atoms. The molecule has 0 amide bonds. The molecule has 1 unspecified atom stereocenters. The van der Waals surface area contributed by atoms with Gasteiger partial charge in [-0.15, -0.1) is 0 Å². The van der Waals surface area contributed by atoms with E-state index in [1.807, 2.05) is 6.26 Å². The van der Waals surface area contributed by atoms with Crippen LogP contribution in [-0.2, 0) is 0 Å². The van der Waals surface area contributed by atoms with Gasteiger partial charge in [-0.3, -0.25) is 0 Å². The summed E-state index contributed by atoms with van der Waals surface area (Å²) in [5, 5.41) is 3.19. The lowest BCUT2D eigenvalue weighted by Crippen LogP contribution is -2.22. The summed E-state index contributed by atoms with van der Waals surface area (Å²) in [7, 11) is 0. The van der Waals surface area contributed by atoms with E-state index >= 15 is 0 Å². The Morgan fingerprint density at radius 2 is 2.28 bits per heavy atom. The fourth-order valence-electron chi connectivity index (χ4n) is 1.53. The molecule has 1 aromatic carbocycles. The topological polar surface area (TPSA) is 38.0 Å². The van der Waals surface area contributed by atoms with Crippen molar-refractivity contribution in [1.29, 1.82) is 0 Å². The molecule has 0 saturated heterocycles. The molecule has 0 saturated carbocycles. The Morgan fingerprint density at radius 1 is 1.61 bits per heavy atom.